The van der Waals surface area contributed by atoms with E-state index in [1.807, 2.05) is 19.9 Å². The molecule has 2 heterocycles. The zero-order valence-corrected chi connectivity index (χ0v) is 14.1. The van der Waals surface area contributed by atoms with Crippen LogP contribution in [0.3, 0.4) is 0 Å². The Balaban J connectivity index is 1.74. The first-order valence-electron chi connectivity index (χ1n) is 6.81. The Morgan fingerprint density at radius 1 is 1.09 bits per heavy atom. The van der Waals surface area contributed by atoms with Crippen molar-refractivity contribution in [3.8, 4) is 17.4 Å². The van der Waals surface area contributed by atoms with Crippen LogP contribution in [-0.4, -0.2) is 10.2 Å². The van der Waals surface area contributed by atoms with Crippen LogP contribution < -0.4 is 4.74 Å². The molecule has 0 fully saturated rings. The average Bonchev–Trinajstić information content (AvgIpc) is 3.10. The number of rotatable bonds is 4. The van der Waals surface area contributed by atoms with E-state index in [4.69, 9.17) is 13.6 Å². The van der Waals surface area contributed by atoms with Crippen LogP contribution in [-0.2, 0) is 6.61 Å². The fourth-order valence-electron chi connectivity index (χ4n) is 2.13. The summed E-state index contributed by atoms with van der Waals surface area (Å²) in [6.45, 7) is 6.36. The number of hydrogen-bond donors (Lipinski definition) is 0. The van der Waals surface area contributed by atoms with E-state index in [2.05, 4.69) is 39.1 Å². The molecule has 0 saturated carbocycles. The zero-order chi connectivity index (χ0) is 15.7. The fourth-order valence-corrected chi connectivity index (χ4v) is 2.44. The highest BCUT2D eigenvalue weighted by molar-refractivity contribution is 9.10. The molecule has 22 heavy (non-hydrogen) atoms. The minimum Gasteiger partial charge on any atom is -0.484 e. The maximum Gasteiger partial charge on any atom is 0.283 e. The van der Waals surface area contributed by atoms with Gasteiger partial charge in [-0.15, -0.1) is 10.2 Å². The summed E-state index contributed by atoms with van der Waals surface area (Å²) >= 11 is 3.24. The summed E-state index contributed by atoms with van der Waals surface area (Å²) in [5, 5.41) is 7.93. The molecular formula is C16H15BrN2O3. The van der Waals surface area contributed by atoms with E-state index in [-0.39, 0.29) is 6.61 Å². The van der Waals surface area contributed by atoms with Gasteiger partial charge in [-0.05, 0) is 71.6 Å². The number of furan rings is 1. The van der Waals surface area contributed by atoms with Crippen molar-refractivity contribution in [2.24, 2.45) is 0 Å². The second-order valence-corrected chi connectivity index (χ2v) is 5.88. The molecule has 0 N–H and O–H groups in total. The topological polar surface area (TPSA) is 61.3 Å². The number of benzene rings is 1. The summed E-state index contributed by atoms with van der Waals surface area (Å²) in [5.41, 5.74) is 3.46. The third-order valence-corrected chi connectivity index (χ3v) is 3.79. The van der Waals surface area contributed by atoms with Gasteiger partial charge in [0.05, 0.1) is 0 Å². The highest BCUT2D eigenvalue weighted by Gasteiger charge is 2.13. The monoisotopic (exact) mass is 362 g/mol. The molecule has 0 aliphatic carbocycles. The lowest BCUT2D eigenvalue weighted by atomic mass is 10.1. The van der Waals surface area contributed by atoms with Crippen molar-refractivity contribution in [3.63, 3.8) is 0 Å². The molecule has 5 nitrogen and oxygen atoms in total. The average molecular weight is 363 g/mol. The minimum absolute atomic E-state index is 0.221. The number of aryl methyl sites for hydroxylation is 2. The normalized spacial score (nSPS) is 10.9. The SMILES string of the molecule is Cc1cc(C)c(C)c(OCc2nnc(-c3ccc(Br)o3)o2)c1. The quantitative estimate of drug-likeness (QED) is 0.678. The molecule has 0 spiro atoms. The van der Waals surface area contributed by atoms with E-state index in [9.17, 15) is 0 Å². The number of nitrogens with zero attached hydrogens (tertiary/aromatic N) is 2. The highest BCUT2D eigenvalue weighted by atomic mass is 79.9. The van der Waals surface area contributed by atoms with E-state index in [0.29, 0.717) is 22.2 Å². The van der Waals surface area contributed by atoms with Crippen molar-refractivity contribution in [2.45, 2.75) is 27.4 Å². The molecule has 2 aromatic heterocycles. The lowest BCUT2D eigenvalue weighted by molar-refractivity contribution is 0.262. The largest absolute Gasteiger partial charge is 0.484 e. The lowest BCUT2D eigenvalue weighted by Crippen LogP contribution is -1.99. The van der Waals surface area contributed by atoms with E-state index in [1.165, 1.54) is 5.56 Å². The summed E-state index contributed by atoms with van der Waals surface area (Å²) < 4.78 is 17.3. The third kappa shape index (κ3) is 3.06. The lowest BCUT2D eigenvalue weighted by Gasteiger charge is -2.10. The highest BCUT2D eigenvalue weighted by Crippen LogP contribution is 2.26. The predicted molar refractivity (Wildman–Crippen MR) is 84.7 cm³/mol. The summed E-state index contributed by atoms with van der Waals surface area (Å²) in [7, 11) is 0. The van der Waals surface area contributed by atoms with Crippen molar-refractivity contribution < 1.29 is 13.6 Å². The smallest absolute Gasteiger partial charge is 0.283 e. The first-order chi connectivity index (χ1) is 10.5. The molecule has 114 valence electrons. The predicted octanol–water partition coefficient (Wildman–Crippen LogP) is 4.60. The standard InChI is InChI=1S/C16H15BrN2O3/c1-9-6-10(2)11(3)13(7-9)20-8-15-18-19-16(22-15)12-4-5-14(17)21-12/h4-7H,8H2,1-3H3. The molecule has 6 heteroatoms. The molecule has 0 unspecified atom stereocenters. The van der Waals surface area contributed by atoms with Crippen LogP contribution >= 0.6 is 15.9 Å². The molecule has 0 saturated heterocycles. The number of ether oxygens (including phenoxy) is 1. The number of halogens is 1. The van der Waals surface area contributed by atoms with Crippen LogP contribution in [0.15, 0.2) is 37.8 Å². The van der Waals surface area contributed by atoms with Gasteiger partial charge in [-0.2, -0.15) is 0 Å². The fraction of sp³-hybridized carbons (Fsp3) is 0.250. The van der Waals surface area contributed by atoms with Crippen LogP contribution in [0.5, 0.6) is 5.75 Å². The van der Waals surface area contributed by atoms with Crippen molar-refractivity contribution in [3.05, 3.63) is 51.5 Å². The molecule has 0 bridgehead atoms. The Morgan fingerprint density at radius 2 is 1.91 bits per heavy atom. The van der Waals surface area contributed by atoms with Gasteiger partial charge < -0.3 is 13.6 Å². The molecule has 3 aromatic rings. The number of aromatic nitrogens is 2. The second kappa shape index (κ2) is 5.96. The van der Waals surface area contributed by atoms with E-state index in [1.54, 1.807) is 12.1 Å². The van der Waals surface area contributed by atoms with Gasteiger partial charge in [0.25, 0.3) is 11.8 Å². The molecule has 3 rings (SSSR count). The Hall–Kier alpha value is -2.08. The zero-order valence-electron chi connectivity index (χ0n) is 12.5. The summed E-state index contributed by atoms with van der Waals surface area (Å²) in [6.07, 6.45) is 0. The maximum absolute atomic E-state index is 5.80. The molecule has 0 atom stereocenters. The third-order valence-electron chi connectivity index (χ3n) is 3.37. The van der Waals surface area contributed by atoms with E-state index >= 15 is 0 Å². The Kier molecular flexibility index (Phi) is 4.02. The van der Waals surface area contributed by atoms with Crippen molar-refractivity contribution in [1.29, 1.82) is 0 Å². The van der Waals surface area contributed by atoms with Crippen molar-refractivity contribution in [2.75, 3.05) is 0 Å². The molecular weight excluding hydrogens is 348 g/mol. The van der Waals surface area contributed by atoms with Crippen LogP contribution in [0.2, 0.25) is 0 Å². The summed E-state index contributed by atoms with van der Waals surface area (Å²) in [4.78, 5) is 0. The first kappa shape index (κ1) is 14.8. The van der Waals surface area contributed by atoms with Gasteiger partial charge in [0.1, 0.15) is 5.75 Å². The van der Waals surface area contributed by atoms with Crippen LogP contribution in [0, 0.1) is 20.8 Å². The molecule has 1 aromatic carbocycles. The molecule has 0 aliphatic heterocycles. The molecule has 0 aliphatic rings. The van der Waals surface area contributed by atoms with Gasteiger partial charge in [0.2, 0.25) is 0 Å². The van der Waals surface area contributed by atoms with Gasteiger partial charge in [0.15, 0.2) is 17.0 Å². The Morgan fingerprint density at radius 3 is 2.64 bits per heavy atom. The van der Waals surface area contributed by atoms with Gasteiger partial charge in [-0.25, -0.2) is 0 Å². The van der Waals surface area contributed by atoms with Gasteiger partial charge in [-0.3, -0.25) is 0 Å². The van der Waals surface area contributed by atoms with E-state index in [0.717, 1.165) is 16.9 Å². The number of hydrogen-bond acceptors (Lipinski definition) is 5. The summed E-state index contributed by atoms with van der Waals surface area (Å²) in [6, 6.07) is 7.66. The van der Waals surface area contributed by atoms with Gasteiger partial charge >= 0.3 is 0 Å². The Bertz CT molecular complexity index is 808. The maximum atomic E-state index is 5.80. The molecule has 0 radical (unpaired) electrons. The van der Waals surface area contributed by atoms with Gasteiger partial charge in [0, 0.05) is 0 Å². The van der Waals surface area contributed by atoms with Gasteiger partial charge in [-0.1, -0.05) is 6.07 Å². The van der Waals surface area contributed by atoms with Crippen LogP contribution in [0.25, 0.3) is 11.7 Å². The first-order valence-corrected chi connectivity index (χ1v) is 7.61. The van der Waals surface area contributed by atoms with Crippen molar-refractivity contribution in [1.82, 2.24) is 10.2 Å². The minimum atomic E-state index is 0.221. The summed E-state index contributed by atoms with van der Waals surface area (Å²) in [5.74, 6) is 2.09. The van der Waals surface area contributed by atoms with Crippen LogP contribution in [0.4, 0.5) is 0 Å². The Labute approximate surface area is 136 Å². The van der Waals surface area contributed by atoms with Crippen LogP contribution in [0.1, 0.15) is 22.6 Å². The second-order valence-electron chi connectivity index (χ2n) is 5.10. The van der Waals surface area contributed by atoms with E-state index < -0.39 is 0 Å². The van der Waals surface area contributed by atoms with Crippen molar-refractivity contribution >= 4 is 15.9 Å². The molecule has 0 amide bonds.